The molecule has 128 valence electrons. The summed E-state index contributed by atoms with van der Waals surface area (Å²) in [7, 11) is 0. The number of hydrogen-bond donors (Lipinski definition) is 0. The SMILES string of the molecule is O=C(Cn1c(=O)oc2ccccc21)N1CC(Oc2ncccc2Br)C1. The van der Waals surface area contributed by atoms with Crippen LogP contribution in [0.25, 0.3) is 11.1 Å². The summed E-state index contributed by atoms with van der Waals surface area (Å²) in [6, 6.07) is 10.7. The van der Waals surface area contributed by atoms with E-state index in [9.17, 15) is 9.59 Å². The molecule has 1 aromatic carbocycles. The second kappa shape index (κ2) is 6.36. The summed E-state index contributed by atoms with van der Waals surface area (Å²) in [6.45, 7) is 0.884. The molecule has 1 fully saturated rings. The number of ether oxygens (including phenoxy) is 1. The first-order valence-corrected chi connectivity index (χ1v) is 8.54. The molecule has 25 heavy (non-hydrogen) atoms. The summed E-state index contributed by atoms with van der Waals surface area (Å²) in [5.41, 5.74) is 1.09. The summed E-state index contributed by atoms with van der Waals surface area (Å²) in [5.74, 6) is -0.162. The van der Waals surface area contributed by atoms with E-state index in [2.05, 4.69) is 20.9 Å². The molecule has 0 unspecified atom stereocenters. The maximum atomic E-state index is 12.4. The predicted molar refractivity (Wildman–Crippen MR) is 93.4 cm³/mol. The molecule has 0 aliphatic carbocycles. The Bertz CT molecular complexity index is 991. The Labute approximate surface area is 150 Å². The van der Waals surface area contributed by atoms with Crippen molar-refractivity contribution >= 4 is 32.9 Å². The summed E-state index contributed by atoms with van der Waals surface area (Å²) in [6.07, 6.45) is 1.55. The molecular formula is C17H14BrN3O4. The number of benzene rings is 1. The highest BCUT2D eigenvalue weighted by Gasteiger charge is 2.33. The van der Waals surface area contributed by atoms with E-state index in [1.54, 1.807) is 41.4 Å². The molecule has 0 atom stereocenters. The van der Waals surface area contributed by atoms with Gasteiger partial charge in [-0.3, -0.25) is 9.36 Å². The summed E-state index contributed by atoms with van der Waals surface area (Å²) >= 11 is 3.38. The number of likely N-dealkylation sites (tertiary alicyclic amines) is 1. The molecule has 3 aromatic rings. The molecule has 1 saturated heterocycles. The maximum absolute atomic E-state index is 12.4. The van der Waals surface area contributed by atoms with Gasteiger partial charge in [-0.05, 0) is 40.2 Å². The first-order valence-electron chi connectivity index (χ1n) is 7.75. The number of halogens is 1. The second-order valence-electron chi connectivity index (χ2n) is 5.75. The highest BCUT2D eigenvalue weighted by Crippen LogP contribution is 2.24. The third-order valence-corrected chi connectivity index (χ3v) is 4.67. The number of oxazole rings is 1. The minimum Gasteiger partial charge on any atom is -0.470 e. The van der Waals surface area contributed by atoms with Crippen molar-refractivity contribution in [2.24, 2.45) is 0 Å². The van der Waals surface area contributed by atoms with Crippen molar-refractivity contribution in [2.45, 2.75) is 12.6 Å². The molecule has 2 aromatic heterocycles. The quantitative estimate of drug-likeness (QED) is 0.665. The summed E-state index contributed by atoms with van der Waals surface area (Å²) in [4.78, 5) is 30.1. The predicted octanol–water partition coefficient (Wildman–Crippen LogP) is 2.04. The minimum atomic E-state index is -0.528. The van der Waals surface area contributed by atoms with Crippen molar-refractivity contribution in [3.05, 3.63) is 57.6 Å². The Morgan fingerprint density at radius 1 is 1.28 bits per heavy atom. The van der Waals surface area contributed by atoms with Crippen LogP contribution < -0.4 is 10.5 Å². The van der Waals surface area contributed by atoms with Gasteiger partial charge < -0.3 is 14.1 Å². The highest BCUT2D eigenvalue weighted by atomic mass is 79.9. The standard InChI is InChI=1S/C17H14BrN3O4/c18-12-4-3-7-19-16(12)24-11-8-20(9-11)15(22)10-21-13-5-1-2-6-14(13)25-17(21)23/h1-7,11H,8-10H2. The fourth-order valence-electron chi connectivity index (χ4n) is 2.73. The lowest BCUT2D eigenvalue weighted by Gasteiger charge is -2.38. The number of rotatable bonds is 4. The number of amides is 1. The summed E-state index contributed by atoms with van der Waals surface area (Å²) < 4.78 is 13.0. The number of carbonyl (C=O) groups is 1. The Kier molecular flexibility index (Phi) is 4.04. The molecule has 0 spiro atoms. The van der Waals surface area contributed by atoms with Crippen LogP contribution in [0.2, 0.25) is 0 Å². The van der Waals surface area contributed by atoms with Gasteiger partial charge in [0.1, 0.15) is 12.6 Å². The van der Waals surface area contributed by atoms with Gasteiger partial charge in [-0.25, -0.2) is 9.78 Å². The Morgan fingerprint density at radius 2 is 2.08 bits per heavy atom. The summed E-state index contributed by atoms with van der Waals surface area (Å²) in [5, 5.41) is 0. The van der Waals surface area contributed by atoms with Crippen molar-refractivity contribution < 1.29 is 13.9 Å². The number of fused-ring (bicyclic) bond motifs is 1. The monoisotopic (exact) mass is 403 g/mol. The number of nitrogens with zero attached hydrogens (tertiary/aromatic N) is 3. The zero-order valence-corrected chi connectivity index (χ0v) is 14.7. The van der Waals surface area contributed by atoms with Crippen LogP contribution in [-0.4, -0.2) is 39.6 Å². The van der Waals surface area contributed by atoms with Gasteiger partial charge in [0.15, 0.2) is 5.58 Å². The average molecular weight is 404 g/mol. The van der Waals surface area contributed by atoms with E-state index >= 15 is 0 Å². The fraction of sp³-hybridized carbons (Fsp3) is 0.235. The highest BCUT2D eigenvalue weighted by molar-refractivity contribution is 9.10. The van der Waals surface area contributed by atoms with Crippen molar-refractivity contribution in [2.75, 3.05) is 13.1 Å². The smallest absolute Gasteiger partial charge is 0.420 e. The van der Waals surface area contributed by atoms with E-state index in [4.69, 9.17) is 9.15 Å². The second-order valence-corrected chi connectivity index (χ2v) is 6.61. The lowest BCUT2D eigenvalue weighted by molar-refractivity contribution is -0.140. The molecule has 0 N–H and O–H groups in total. The molecule has 8 heteroatoms. The first kappa shape index (κ1) is 15.9. The van der Waals surface area contributed by atoms with E-state index in [1.165, 1.54) is 4.57 Å². The normalized spacial score (nSPS) is 14.5. The van der Waals surface area contributed by atoms with E-state index in [0.717, 1.165) is 4.47 Å². The topological polar surface area (TPSA) is 77.6 Å². The van der Waals surface area contributed by atoms with Crippen LogP contribution in [-0.2, 0) is 11.3 Å². The van der Waals surface area contributed by atoms with Gasteiger partial charge in [-0.15, -0.1) is 0 Å². The molecule has 1 amide bonds. The molecule has 7 nitrogen and oxygen atoms in total. The van der Waals surface area contributed by atoms with Gasteiger partial charge in [-0.1, -0.05) is 12.1 Å². The number of aromatic nitrogens is 2. The first-order chi connectivity index (χ1) is 12.1. The van der Waals surface area contributed by atoms with Crippen LogP contribution in [0.3, 0.4) is 0 Å². The van der Waals surface area contributed by atoms with Crippen LogP contribution in [0.15, 0.2) is 56.3 Å². The minimum absolute atomic E-state index is 0.0458. The Balaban J connectivity index is 1.40. The number of hydrogen-bond acceptors (Lipinski definition) is 5. The largest absolute Gasteiger partial charge is 0.470 e. The molecule has 3 heterocycles. The van der Waals surface area contributed by atoms with Crippen molar-refractivity contribution in [3.8, 4) is 5.88 Å². The van der Waals surface area contributed by atoms with Crippen LogP contribution in [0.5, 0.6) is 5.88 Å². The van der Waals surface area contributed by atoms with Gasteiger partial charge in [0, 0.05) is 6.20 Å². The van der Waals surface area contributed by atoms with Crippen LogP contribution in [0.1, 0.15) is 0 Å². The van der Waals surface area contributed by atoms with E-state index in [1.807, 2.05) is 6.07 Å². The van der Waals surface area contributed by atoms with E-state index in [-0.39, 0.29) is 18.6 Å². The molecule has 0 saturated carbocycles. The van der Waals surface area contributed by atoms with Gasteiger partial charge in [0.2, 0.25) is 11.8 Å². The van der Waals surface area contributed by atoms with Crippen LogP contribution >= 0.6 is 15.9 Å². The van der Waals surface area contributed by atoms with Gasteiger partial charge in [0.05, 0.1) is 23.1 Å². The zero-order chi connectivity index (χ0) is 17.4. The molecule has 1 aliphatic rings. The number of carbonyl (C=O) groups excluding carboxylic acids is 1. The third kappa shape index (κ3) is 3.05. The van der Waals surface area contributed by atoms with Crippen LogP contribution in [0, 0.1) is 0 Å². The average Bonchev–Trinajstić information content (AvgIpc) is 2.88. The van der Waals surface area contributed by atoms with E-state index < -0.39 is 5.76 Å². The lowest BCUT2D eigenvalue weighted by Crippen LogP contribution is -2.57. The van der Waals surface area contributed by atoms with E-state index in [0.29, 0.717) is 30.1 Å². The molecule has 0 bridgehead atoms. The zero-order valence-electron chi connectivity index (χ0n) is 13.1. The molecular weight excluding hydrogens is 390 g/mol. The van der Waals surface area contributed by atoms with Gasteiger partial charge in [-0.2, -0.15) is 0 Å². The maximum Gasteiger partial charge on any atom is 0.420 e. The van der Waals surface area contributed by atoms with Crippen molar-refractivity contribution in [1.82, 2.24) is 14.5 Å². The third-order valence-electron chi connectivity index (χ3n) is 4.07. The molecule has 0 radical (unpaired) electrons. The number of pyridine rings is 1. The van der Waals surface area contributed by atoms with Crippen LogP contribution in [0.4, 0.5) is 0 Å². The van der Waals surface area contributed by atoms with Crippen molar-refractivity contribution in [3.63, 3.8) is 0 Å². The Morgan fingerprint density at radius 3 is 2.88 bits per heavy atom. The fourth-order valence-corrected chi connectivity index (χ4v) is 3.08. The molecule has 1 aliphatic heterocycles. The lowest BCUT2D eigenvalue weighted by atomic mass is 10.1. The Hall–Kier alpha value is -2.61. The van der Waals surface area contributed by atoms with Crippen molar-refractivity contribution in [1.29, 1.82) is 0 Å². The van der Waals surface area contributed by atoms with Gasteiger partial charge in [0.25, 0.3) is 0 Å². The number of para-hydroxylation sites is 2. The van der Waals surface area contributed by atoms with Gasteiger partial charge >= 0.3 is 5.76 Å². The molecule has 4 rings (SSSR count).